The van der Waals surface area contributed by atoms with E-state index in [-0.39, 0.29) is 6.61 Å². The van der Waals surface area contributed by atoms with E-state index < -0.39 is 0 Å². The second-order valence-corrected chi connectivity index (χ2v) is 7.45. The van der Waals surface area contributed by atoms with Gasteiger partial charge >= 0.3 is 0 Å². The van der Waals surface area contributed by atoms with Crippen molar-refractivity contribution in [3.05, 3.63) is 81.4 Å². The van der Waals surface area contributed by atoms with Gasteiger partial charge in [-0.2, -0.15) is 0 Å². The molecule has 0 aliphatic rings. The fourth-order valence-electron chi connectivity index (χ4n) is 1.55. The van der Waals surface area contributed by atoms with Crippen LogP contribution in [0.1, 0.15) is 38.8 Å². The molecule has 29 heavy (non-hydrogen) atoms. The van der Waals surface area contributed by atoms with Crippen LogP contribution in [0.4, 0.5) is 0 Å². The number of pyridine rings is 2. The third-order valence-corrected chi connectivity index (χ3v) is 3.72. The Hall–Kier alpha value is -1.43. The molecule has 2 rings (SSSR count). The predicted octanol–water partition coefficient (Wildman–Crippen LogP) is 6.64. The summed E-state index contributed by atoms with van der Waals surface area (Å²) >= 11 is 16.4. The number of ether oxygens (including phenoxy) is 1. The molecule has 0 unspecified atom stereocenters. The SMILES string of the molecule is CC(C)=CCCl.CC(C)=CCOCc1ccc(Cl)nc1.OCc1ccc(Cl)nc1. The average molecular weight is 460 g/mol. The van der Waals surface area contributed by atoms with Gasteiger partial charge in [-0.05, 0) is 51.0 Å². The number of aliphatic hydroxyl groups is 1. The minimum Gasteiger partial charge on any atom is -0.392 e. The van der Waals surface area contributed by atoms with E-state index in [4.69, 9.17) is 44.6 Å². The highest BCUT2D eigenvalue weighted by Crippen LogP contribution is 2.06. The number of aromatic nitrogens is 2. The molecule has 7 heteroatoms. The molecule has 0 atom stereocenters. The van der Waals surface area contributed by atoms with Crippen LogP contribution in [-0.2, 0) is 18.0 Å². The Kier molecular flexibility index (Phi) is 16.6. The molecule has 0 amide bonds. The molecule has 0 fully saturated rings. The molecular weight excluding hydrogens is 431 g/mol. The topological polar surface area (TPSA) is 55.2 Å². The van der Waals surface area contributed by atoms with Crippen LogP contribution in [0.5, 0.6) is 0 Å². The molecule has 0 aliphatic carbocycles. The molecule has 4 nitrogen and oxygen atoms in total. The maximum absolute atomic E-state index is 8.55. The summed E-state index contributed by atoms with van der Waals surface area (Å²) in [5.41, 5.74) is 4.36. The minimum absolute atomic E-state index is 0.0180. The van der Waals surface area contributed by atoms with Crippen LogP contribution in [0.15, 0.2) is 60.0 Å². The van der Waals surface area contributed by atoms with Gasteiger partial charge in [0.2, 0.25) is 0 Å². The Bertz CT molecular complexity index is 723. The van der Waals surface area contributed by atoms with Crippen LogP contribution >= 0.6 is 34.8 Å². The first-order chi connectivity index (χ1) is 13.8. The van der Waals surface area contributed by atoms with Crippen molar-refractivity contribution in [1.29, 1.82) is 0 Å². The van der Waals surface area contributed by atoms with Gasteiger partial charge in [-0.3, -0.25) is 0 Å². The van der Waals surface area contributed by atoms with Crippen molar-refractivity contribution < 1.29 is 9.84 Å². The lowest BCUT2D eigenvalue weighted by Crippen LogP contribution is -1.93. The molecular formula is C22H29Cl3N2O2. The van der Waals surface area contributed by atoms with Gasteiger partial charge < -0.3 is 9.84 Å². The van der Waals surface area contributed by atoms with Crippen molar-refractivity contribution in [1.82, 2.24) is 9.97 Å². The maximum Gasteiger partial charge on any atom is 0.129 e. The summed E-state index contributed by atoms with van der Waals surface area (Å²) in [5.74, 6) is 0.641. The van der Waals surface area contributed by atoms with Crippen LogP contribution in [0.25, 0.3) is 0 Å². The van der Waals surface area contributed by atoms with Crippen molar-refractivity contribution in [2.24, 2.45) is 0 Å². The molecule has 160 valence electrons. The van der Waals surface area contributed by atoms with Crippen LogP contribution in [0.2, 0.25) is 10.3 Å². The lowest BCUT2D eigenvalue weighted by Gasteiger charge is -2.01. The van der Waals surface area contributed by atoms with Gasteiger partial charge in [-0.1, -0.05) is 58.6 Å². The van der Waals surface area contributed by atoms with E-state index >= 15 is 0 Å². The van der Waals surface area contributed by atoms with E-state index in [1.165, 1.54) is 11.1 Å². The zero-order valence-corrected chi connectivity index (χ0v) is 19.6. The number of nitrogens with zero attached hydrogens (tertiary/aromatic N) is 2. The molecule has 0 radical (unpaired) electrons. The third kappa shape index (κ3) is 17.2. The number of hydrogen-bond acceptors (Lipinski definition) is 4. The van der Waals surface area contributed by atoms with E-state index in [0.717, 1.165) is 11.1 Å². The Labute approximate surface area is 189 Å². The van der Waals surface area contributed by atoms with Gasteiger partial charge in [0.25, 0.3) is 0 Å². The van der Waals surface area contributed by atoms with Crippen molar-refractivity contribution in [3.8, 4) is 0 Å². The summed E-state index contributed by atoms with van der Waals surface area (Å²) in [4.78, 5) is 7.72. The lowest BCUT2D eigenvalue weighted by molar-refractivity contribution is 0.148. The number of rotatable bonds is 6. The molecule has 2 aromatic rings. The smallest absolute Gasteiger partial charge is 0.129 e. The Morgan fingerprint density at radius 1 is 0.897 bits per heavy atom. The Morgan fingerprint density at radius 3 is 1.76 bits per heavy atom. The second-order valence-electron chi connectivity index (χ2n) is 6.37. The Morgan fingerprint density at radius 2 is 1.41 bits per heavy atom. The first-order valence-corrected chi connectivity index (χ1v) is 10.3. The summed E-state index contributed by atoms with van der Waals surface area (Å²) in [6.45, 7) is 9.40. The largest absolute Gasteiger partial charge is 0.392 e. The van der Waals surface area contributed by atoms with E-state index in [1.54, 1.807) is 30.6 Å². The van der Waals surface area contributed by atoms with Crippen molar-refractivity contribution in [2.45, 2.75) is 40.9 Å². The van der Waals surface area contributed by atoms with Gasteiger partial charge in [0.1, 0.15) is 10.3 Å². The molecule has 0 aliphatic heterocycles. The van der Waals surface area contributed by atoms with Gasteiger partial charge in [0, 0.05) is 18.3 Å². The summed E-state index contributed by atoms with van der Waals surface area (Å²) in [7, 11) is 0. The van der Waals surface area contributed by atoms with Gasteiger partial charge in [0.15, 0.2) is 0 Å². The molecule has 0 bridgehead atoms. The minimum atomic E-state index is 0.0180. The highest BCUT2D eigenvalue weighted by Gasteiger charge is 1.93. The summed E-state index contributed by atoms with van der Waals surface area (Å²) in [6.07, 6.45) is 7.29. The van der Waals surface area contributed by atoms with E-state index in [2.05, 4.69) is 9.97 Å². The van der Waals surface area contributed by atoms with Crippen molar-refractivity contribution >= 4 is 34.8 Å². The molecule has 2 heterocycles. The van der Waals surface area contributed by atoms with Gasteiger partial charge in [-0.25, -0.2) is 9.97 Å². The first kappa shape index (κ1) is 27.6. The predicted molar refractivity (Wildman–Crippen MR) is 124 cm³/mol. The van der Waals surface area contributed by atoms with Crippen LogP contribution in [0, 0.1) is 0 Å². The number of aliphatic hydroxyl groups excluding tert-OH is 1. The normalized spacial score (nSPS) is 9.38. The number of alkyl halides is 1. The fraction of sp³-hybridized carbons (Fsp3) is 0.364. The maximum atomic E-state index is 8.55. The van der Waals surface area contributed by atoms with Crippen molar-refractivity contribution in [2.75, 3.05) is 12.5 Å². The molecule has 0 spiro atoms. The highest BCUT2D eigenvalue weighted by molar-refractivity contribution is 6.29. The summed E-state index contributed by atoms with van der Waals surface area (Å²) < 4.78 is 5.41. The van der Waals surface area contributed by atoms with E-state index in [9.17, 15) is 0 Å². The zero-order chi connectivity index (χ0) is 22.1. The van der Waals surface area contributed by atoms with E-state index in [0.29, 0.717) is 29.4 Å². The van der Waals surface area contributed by atoms with Gasteiger partial charge in [-0.15, -0.1) is 11.6 Å². The lowest BCUT2D eigenvalue weighted by atomic mass is 10.3. The molecule has 1 N–H and O–H groups in total. The first-order valence-electron chi connectivity index (χ1n) is 9.00. The summed E-state index contributed by atoms with van der Waals surface area (Å²) in [5, 5.41) is 9.51. The van der Waals surface area contributed by atoms with Crippen LogP contribution < -0.4 is 0 Å². The molecule has 0 saturated carbocycles. The Balaban J connectivity index is 0.000000448. The second kappa shape index (κ2) is 17.4. The monoisotopic (exact) mass is 458 g/mol. The average Bonchev–Trinajstić information content (AvgIpc) is 2.68. The fourth-order valence-corrected chi connectivity index (χ4v) is 2.08. The van der Waals surface area contributed by atoms with Crippen LogP contribution in [-0.4, -0.2) is 27.6 Å². The standard InChI is InChI=1S/C11H14ClNO.C6H6ClNO.C5H9Cl/c1-9(2)5-6-14-8-10-3-4-11(12)13-7-10;7-6-2-1-5(4-9)3-8-6;1-5(2)3-4-6/h3-5,7H,6,8H2,1-2H3;1-3,9H,4H2;3H,4H2,1-2H3. The molecule has 0 saturated heterocycles. The summed E-state index contributed by atoms with van der Waals surface area (Å²) in [6, 6.07) is 7.06. The number of allylic oxidation sites excluding steroid dienone is 3. The molecule has 0 aromatic carbocycles. The van der Waals surface area contributed by atoms with Crippen LogP contribution in [0.3, 0.4) is 0 Å². The third-order valence-electron chi connectivity index (χ3n) is 3.12. The number of hydrogen-bond donors (Lipinski definition) is 1. The number of halogens is 3. The quantitative estimate of drug-likeness (QED) is 0.228. The van der Waals surface area contributed by atoms with E-state index in [1.807, 2.05) is 45.9 Å². The van der Waals surface area contributed by atoms with Crippen molar-refractivity contribution in [3.63, 3.8) is 0 Å². The zero-order valence-electron chi connectivity index (χ0n) is 17.3. The highest BCUT2D eigenvalue weighted by atomic mass is 35.5. The molecule has 2 aromatic heterocycles. The van der Waals surface area contributed by atoms with Gasteiger partial charge in [0.05, 0.1) is 19.8 Å².